The number of rotatable bonds is 12. The number of unbranched alkanes of at least 4 members (excludes halogenated alkanes) is 1. The third-order valence-corrected chi connectivity index (χ3v) is 2.98. The van der Waals surface area contributed by atoms with Gasteiger partial charge in [-0.05, 0) is 19.4 Å². The maximum atomic E-state index is 11.4. The van der Waals surface area contributed by atoms with Gasteiger partial charge in [-0.1, -0.05) is 6.42 Å². The molecule has 0 rings (SSSR count). The van der Waals surface area contributed by atoms with Crippen molar-refractivity contribution < 1.29 is 40.1 Å². The fourth-order valence-electron chi connectivity index (χ4n) is 1.51. The average Bonchev–Trinajstić information content (AvgIpc) is 2.52. The average molecular weight is 326 g/mol. The molecule has 0 aliphatic rings. The Hall–Kier alpha value is -0.850. The van der Waals surface area contributed by atoms with Crippen LogP contribution in [0.3, 0.4) is 0 Å². The summed E-state index contributed by atoms with van der Waals surface area (Å²) < 4.78 is 0. The molecule has 0 bridgehead atoms. The van der Waals surface area contributed by atoms with E-state index in [9.17, 15) is 20.1 Å². The topological polar surface area (TPSA) is 189 Å². The molecular formula is C12H26N2O8. The molecule has 10 nitrogen and oxygen atoms in total. The maximum Gasteiger partial charge on any atom is 0.358 e. The second-order valence-electron chi connectivity index (χ2n) is 4.88. The Bertz CT molecular complexity index is 307. The molecule has 0 radical (unpaired) electrons. The zero-order valence-corrected chi connectivity index (χ0v) is 12.2. The number of carbonyl (C=O) groups is 1. The van der Waals surface area contributed by atoms with E-state index in [1.807, 2.05) is 0 Å². The van der Waals surface area contributed by atoms with Crippen molar-refractivity contribution in [2.75, 3.05) is 19.8 Å². The largest absolute Gasteiger partial charge is 0.394 e. The summed E-state index contributed by atoms with van der Waals surface area (Å²) in [5.41, 5.74) is 10.8. The van der Waals surface area contributed by atoms with E-state index in [0.717, 1.165) is 6.42 Å². The smallest absolute Gasteiger partial charge is 0.358 e. The van der Waals surface area contributed by atoms with Crippen LogP contribution in [0.1, 0.15) is 19.3 Å². The molecule has 0 fully saturated rings. The van der Waals surface area contributed by atoms with E-state index in [0.29, 0.717) is 19.4 Å². The lowest BCUT2D eigenvalue weighted by molar-refractivity contribution is -0.289. The zero-order valence-electron chi connectivity index (χ0n) is 12.2. The van der Waals surface area contributed by atoms with Gasteiger partial charge in [0.05, 0.1) is 6.61 Å². The molecule has 22 heavy (non-hydrogen) atoms. The molecular weight excluding hydrogens is 300 g/mol. The summed E-state index contributed by atoms with van der Waals surface area (Å²) in [4.78, 5) is 20.2. The number of aliphatic hydroxyl groups excluding tert-OH is 5. The van der Waals surface area contributed by atoms with Gasteiger partial charge in [-0.3, -0.25) is 4.89 Å². The van der Waals surface area contributed by atoms with Crippen LogP contribution in [0, 0.1) is 0 Å². The third kappa shape index (κ3) is 7.96. The molecule has 9 N–H and O–H groups in total. The lowest BCUT2D eigenvalue weighted by atomic mass is 10.0. The zero-order chi connectivity index (χ0) is 17.1. The van der Waals surface area contributed by atoms with Crippen molar-refractivity contribution in [1.82, 2.24) is 0 Å². The summed E-state index contributed by atoms with van der Waals surface area (Å²) in [5.74, 6) is -0.838. The highest BCUT2D eigenvalue weighted by molar-refractivity contribution is 5.74. The standard InChI is InChI=1S/C12H26N2O8/c13-4-2-1-3-7(14)12(20)22-21-6-9(17)11(19)10(18)8(16)5-15/h7-11,15-19H,1-6,13-14H2/t7-,8+,9-,10+,11+/m0/s1. The second kappa shape index (κ2) is 11.7. The van der Waals surface area contributed by atoms with Crippen molar-refractivity contribution in [2.24, 2.45) is 11.5 Å². The normalized spacial score (nSPS) is 18.3. The monoisotopic (exact) mass is 326 g/mol. The molecule has 0 saturated carbocycles. The molecule has 0 aliphatic heterocycles. The number of carbonyl (C=O) groups excluding carboxylic acids is 1. The molecule has 10 heteroatoms. The van der Waals surface area contributed by atoms with Crippen LogP contribution in [0.4, 0.5) is 0 Å². The fourth-order valence-corrected chi connectivity index (χ4v) is 1.51. The molecule has 5 atom stereocenters. The fraction of sp³-hybridized carbons (Fsp3) is 0.917. The first kappa shape index (κ1) is 21.1. The van der Waals surface area contributed by atoms with Crippen molar-refractivity contribution in [1.29, 1.82) is 0 Å². The van der Waals surface area contributed by atoms with E-state index < -0.39 is 49.6 Å². The molecule has 0 aromatic rings. The molecule has 0 saturated heterocycles. The molecule has 0 aromatic carbocycles. The third-order valence-electron chi connectivity index (χ3n) is 2.98. The Morgan fingerprint density at radius 3 is 2.18 bits per heavy atom. The minimum Gasteiger partial charge on any atom is -0.394 e. The minimum atomic E-state index is -1.79. The highest BCUT2D eigenvalue weighted by Gasteiger charge is 2.30. The van der Waals surface area contributed by atoms with Crippen molar-refractivity contribution in [2.45, 2.75) is 49.7 Å². The van der Waals surface area contributed by atoms with Crippen molar-refractivity contribution in [3.05, 3.63) is 0 Å². The molecule has 0 aromatic heterocycles. The minimum absolute atomic E-state index is 0.367. The molecule has 0 heterocycles. The molecule has 132 valence electrons. The quantitative estimate of drug-likeness (QED) is 0.107. The Morgan fingerprint density at radius 2 is 1.64 bits per heavy atom. The van der Waals surface area contributed by atoms with Gasteiger partial charge in [0.2, 0.25) is 0 Å². The summed E-state index contributed by atoms with van der Waals surface area (Å²) in [6.07, 6.45) is -5.10. The van der Waals surface area contributed by atoms with Gasteiger partial charge in [-0.15, -0.1) is 0 Å². The van der Waals surface area contributed by atoms with Crippen LogP contribution in [0.15, 0.2) is 0 Å². The van der Waals surface area contributed by atoms with Gasteiger partial charge in [0.15, 0.2) is 0 Å². The summed E-state index contributed by atoms with van der Waals surface area (Å²) >= 11 is 0. The van der Waals surface area contributed by atoms with E-state index >= 15 is 0 Å². The van der Waals surface area contributed by atoms with Gasteiger partial charge in [0, 0.05) is 0 Å². The molecule has 0 amide bonds. The summed E-state index contributed by atoms with van der Waals surface area (Å²) in [7, 11) is 0. The predicted octanol–water partition coefficient (Wildman–Crippen LogP) is -3.65. The second-order valence-corrected chi connectivity index (χ2v) is 4.88. The van der Waals surface area contributed by atoms with Crippen LogP contribution >= 0.6 is 0 Å². The predicted molar refractivity (Wildman–Crippen MR) is 74.0 cm³/mol. The lowest BCUT2D eigenvalue weighted by Gasteiger charge is -2.25. The Morgan fingerprint density at radius 1 is 1.05 bits per heavy atom. The molecule has 0 unspecified atom stereocenters. The van der Waals surface area contributed by atoms with E-state index in [4.69, 9.17) is 21.7 Å². The van der Waals surface area contributed by atoms with Crippen LogP contribution in [0.25, 0.3) is 0 Å². The highest BCUT2D eigenvalue weighted by atomic mass is 17.2. The molecule has 0 aliphatic carbocycles. The summed E-state index contributed by atoms with van der Waals surface area (Å²) in [6, 6.07) is -0.893. The Labute approximate surface area is 128 Å². The van der Waals surface area contributed by atoms with Crippen molar-refractivity contribution >= 4 is 5.97 Å². The lowest BCUT2D eigenvalue weighted by Crippen LogP contribution is -2.47. The van der Waals surface area contributed by atoms with Gasteiger partial charge in [0.25, 0.3) is 0 Å². The first-order chi connectivity index (χ1) is 10.3. The van der Waals surface area contributed by atoms with E-state index in [1.165, 1.54) is 0 Å². The summed E-state index contributed by atoms with van der Waals surface area (Å²) in [5, 5.41) is 46.1. The van der Waals surface area contributed by atoms with Gasteiger partial charge in [0.1, 0.15) is 37.1 Å². The van der Waals surface area contributed by atoms with E-state index in [1.54, 1.807) is 0 Å². The van der Waals surface area contributed by atoms with Crippen LogP contribution in [0.5, 0.6) is 0 Å². The van der Waals surface area contributed by atoms with Crippen molar-refractivity contribution in [3.63, 3.8) is 0 Å². The van der Waals surface area contributed by atoms with Crippen LogP contribution in [-0.2, 0) is 14.6 Å². The van der Waals surface area contributed by atoms with Gasteiger partial charge < -0.3 is 37.0 Å². The molecule has 0 spiro atoms. The van der Waals surface area contributed by atoms with E-state index in [-0.39, 0.29) is 0 Å². The number of aliphatic hydroxyl groups is 5. The van der Waals surface area contributed by atoms with Gasteiger partial charge in [-0.2, -0.15) is 4.89 Å². The van der Waals surface area contributed by atoms with Gasteiger partial charge in [-0.25, -0.2) is 4.79 Å². The van der Waals surface area contributed by atoms with Crippen LogP contribution in [0.2, 0.25) is 0 Å². The SMILES string of the molecule is NCCCC[C@H](N)C(=O)OOC[C@H](O)[C@@H](O)[C@H](O)[C@H](O)CO. The number of hydrogen-bond donors (Lipinski definition) is 7. The Balaban J connectivity index is 4.00. The first-order valence-electron chi connectivity index (χ1n) is 6.97. The van der Waals surface area contributed by atoms with Crippen LogP contribution in [-0.4, -0.2) is 81.7 Å². The Kier molecular flexibility index (Phi) is 11.2. The highest BCUT2D eigenvalue weighted by Crippen LogP contribution is 2.06. The van der Waals surface area contributed by atoms with Crippen molar-refractivity contribution in [3.8, 4) is 0 Å². The number of hydrogen-bond acceptors (Lipinski definition) is 10. The first-order valence-corrected chi connectivity index (χ1v) is 6.97. The maximum absolute atomic E-state index is 11.4. The number of nitrogens with two attached hydrogens (primary N) is 2. The summed E-state index contributed by atoms with van der Waals surface area (Å²) in [6.45, 7) is -0.944. The van der Waals surface area contributed by atoms with Gasteiger partial charge >= 0.3 is 5.97 Å². The van der Waals surface area contributed by atoms with Crippen LogP contribution < -0.4 is 11.5 Å². The van der Waals surface area contributed by atoms with E-state index in [2.05, 4.69) is 9.78 Å².